The Labute approximate surface area is 81.7 Å². The van der Waals surface area contributed by atoms with Gasteiger partial charge in [0.25, 0.3) is 0 Å². The smallest absolute Gasteiger partial charge is 0.133 e. The lowest BCUT2D eigenvalue weighted by molar-refractivity contribution is -0.127. The maximum Gasteiger partial charge on any atom is 0.133 e. The minimum Gasteiger partial charge on any atom is -0.493 e. The van der Waals surface area contributed by atoms with Gasteiger partial charge in [0.1, 0.15) is 17.3 Å². The number of hydrogen-bond acceptors (Lipinski definition) is 2. The third kappa shape index (κ3) is 2.10. The van der Waals surface area contributed by atoms with Crippen molar-refractivity contribution in [3.05, 3.63) is 30.1 Å². The summed E-state index contributed by atoms with van der Waals surface area (Å²) < 4.78 is 17.9. The van der Waals surface area contributed by atoms with Crippen molar-refractivity contribution >= 4 is 5.78 Å². The second kappa shape index (κ2) is 3.78. The van der Waals surface area contributed by atoms with Crippen LogP contribution < -0.4 is 4.74 Å². The van der Waals surface area contributed by atoms with E-state index in [4.69, 9.17) is 4.74 Å². The molecule has 2 nitrogen and oxygen atoms in total. The third-order valence-corrected chi connectivity index (χ3v) is 2.33. The van der Waals surface area contributed by atoms with Gasteiger partial charge < -0.3 is 4.74 Å². The molecule has 14 heavy (non-hydrogen) atoms. The van der Waals surface area contributed by atoms with E-state index in [-0.39, 0.29) is 5.82 Å². The van der Waals surface area contributed by atoms with Crippen LogP contribution in [0.3, 0.4) is 0 Å². The zero-order valence-electron chi connectivity index (χ0n) is 7.70. The van der Waals surface area contributed by atoms with E-state index in [2.05, 4.69) is 0 Å². The van der Waals surface area contributed by atoms with Crippen LogP contribution in [0.5, 0.6) is 5.75 Å². The molecule has 1 aliphatic carbocycles. The molecule has 0 aromatic heterocycles. The number of ether oxygens (including phenoxy) is 1. The monoisotopic (exact) mass is 194 g/mol. The number of hydrogen-bond donors (Lipinski definition) is 0. The fourth-order valence-corrected chi connectivity index (χ4v) is 1.45. The Bertz CT molecular complexity index is 324. The topological polar surface area (TPSA) is 26.3 Å². The molecule has 1 aromatic rings. The van der Waals surface area contributed by atoms with Crippen molar-refractivity contribution in [3.63, 3.8) is 0 Å². The summed E-state index contributed by atoms with van der Waals surface area (Å²) in [6.07, 6.45) is 1.25. The highest BCUT2D eigenvalue weighted by Crippen LogP contribution is 2.23. The molecule has 0 radical (unpaired) electrons. The molecular weight excluding hydrogens is 183 g/mol. The SMILES string of the molecule is O=C1CC(COc2ccc(F)cc2)C1. The molecule has 0 atom stereocenters. The summed E-state index contributed by atoms with van der Waals surface area (Å²) in [5.41, 5.74) is 0. The van der Waals surface area contributed by atoms with E-state index in [1.807, 2.05) is 0 Å². The standard InChI is InChI=1S/C11H11FO2/c12-9-1-3-11(4-2-9)14-7-8-5-10(13)6-8/h1-4,8H,5-7H2. The van der Waals surface area contributed by atoms with E-state index in [0.717, 1.165) is 0 Å². The summed E-state index contributed by atoms with van der Waals surface area (Å²) in [5.74, 6) is 1.05. The van der Waals surface area contributed by atoms with E-state index in [1.54, 1.807) is 12.1 Å². The average molecular weight is 194 g/mol. The average Bonchev–Trinajstić information content (AvgIpc) is 2.13. The van der Waals surface area contributed by atoms with Crippen LogP contribution in [0.2, 0.25) is 0 Å². The number of benzene rings is 1. The summed E-state index contributed by atoms with van der Waals surface area (Å²) in [7, 11) is 0. The molecular formula is C11H11FO2. The Morgan fingerprint density at radius 3 is 2.50 bits per heavy atom. The first-order valence-corrected chi connectivity index (χ1v) is 4.64. The molecule has 0 heterocycles. The first kappa shape index (κ1) is 9.19. The zero-order valence-corrected chi connectivity index (χ0v) is 7.70. The van der Waals surface area contributed by atoms with Crippen LogP contribution in [-0.4, -0.2) is 12.4 Å². The second-order valence-electron chi connectivity index (χ2n) is 3.58. The number of Topliss-reactive ketones (excluding diaryl/α,β-unsaturated/α-hetero) is 1. The molecule has 1 fully saturated rings. The lowest BCUT2D eigenvalue weighted by Crippen LogP contribution is -2.28. The lowest BCUT2D eigenvalue weighted by atomic mass is 9.85. The summed E-state index contributed by atoms with van der Waals surface area (Å²) >= 11 is 0. The fraction of sp³-hybridized carbons (Fsp3) is 0.364. The van der Waals surface area contributed by atoms with Crippen LogP contribution in [0, 0.1) is 11.7 Å². The maximum atomic E-state index is 12.5. The molecule has 3 heteroatoms. The van der Waals surface area contributed by atoms with Crippen molar-refractivity contribution in [1.29, 1.82) is 0 Å². The molecule has 0 saturated heterocycles. The van der Waals surface area contributed by atoms with Gasteiger partial charge in [-0.05, 0) is 24.3 Å². The van der Waals surface area contributed by atoms with Crippen LogP contribution in [0.4, 0.5) is 4.39 Å². The van der Waals surface area contributed by atoms with Crippen molar-refractivity contribution in [3.8, 4) is 5.75 Å². The normalized spacial score (nSPS) is 16.5. The Morgan fingerprint density at radius 2 is 1.93 bits per heavy atom. The quantitative estimate of drug-likeness (QED) is 0.737. The molecule has 0 amide bonds. The third-order valence-electron chi connectivity index (χ3n) is 2.33. The van der Waals surface area contributed by atoms with Crippen molar-refractivity contribution in [2.45, 2.75) is 12.8 Å². The van der Waals surface area contributed by atoms with Crippen molar-refractivity contribution < 1.29 is 13.9 Å². The van der Waals surface area contributed by atoms with E-state index >= 15 is 0 Å². The Balaban J connectivity index is 1.80. The highest BCUT2D eigenvalue weighted by molar-refractivity contribution is 5.84. The Kier molecular flexibility index (Phi) is 2.48. The van der Waals surface area contributed by atoms with Crippen LogP contribution in [-0.2, 0) is 4.79 Å². The van der Waals surface area contributed by atoms with Gasteiger partial charge in [-0.3, -0.25) is 4.79 Å². The summed E-state index contributed by atoms with van der Waals surface area (Å²) in [6.45, 7) is 0.553. The van der Waals surface area contributed by atoms with Gasteiger partial charge in [-0.15, -0.1) is 0 Å². The summed E-state index contributed by atoms with van der Waals surface area (Å²) in [4.78, 5) is 10.7. The van der Waals surface area contributed by atoms with Gasteiger partial charge in [-0.25, -0.2) is 4.39 Å². The van der Waals surface area contributed by atoms with Crippen LogP contribution in [0.15, 0.2) is 24.3 Å². The molecule has 1 aliphatic rings. The second-order valence-corrected chi connectivity index (χ2v) is 3.58. The molecule has 1 aromatic carbocycles. The van der Waals surface area contributed by atoms with Crippen LogP contribution in [0.1, 0.15) is 12.8 Å². The molecule has 0 aliphatic heterocycles. The highest BCUT2D eigenvalue weighted by Gasteiger charge is 2.26. The van der Waals surface area contributed by atoms with Crippen molar-refractivity contribution in [1.82, 2.24) is 0 Å². The van der Waals surface area contributed by atoms with E-state index in [1.165, 1.54) is 12.1 Å². The van der Waals surface area contributed by atoms with Crippen molar-refractivity contribution in [2.24, 2.45) is 5.92 Å². The number of rotatable bonds is 3. The molecule has 0 unspecified atom stereocenters. The first-order chi connectivity index (χ1) is 6.74. The van der Waals surface area contributed by atoms with Crippen LogP contribution >= 0.6 is 0 Å². The molecule has 0 N–H and O–H groups in total. The molecule has 74 valence electrons. The highest BCUT2D eigenvalue weighted by atomic mass is 19.1. The zero-order chi connectivity index (χ0) is 9.97. The van der Waals surface area contributed by atoms with E-state index in [9.17, 15) is 9.18 Å². The number of carbonyl (C=O) groups excluding carboxylic acids is 1. The fourth-order valence-electron chi connectivity index (χ4n) is 1.45. The van der Waals surface area contributed by atoms with E-state index < -0.39 is 0 Å². The molecule has 2 rings (SSSR count). The Morgan fingerprint density at radius 1 is 1.29 bits per heavy atom. The predicted octanol–water partition coefficient (Wildman–Crippen LogP) is 2.18. The van der Waals surface area contributed by atoms with Crippen molar-refractivity contribution in [2.75, 3.05) is 6.61 Å². The first-order valence-electron chi connectivity index (χ1n) is 4.64. The predicted molar refractivity (Wildman–Crippen MR) is 49.6 cm³/mol. The lowest BCUT2D eigenvalue weighted by Gasteiger charge is -2.23. The maximum absolute atomic E-state index is 12.5. The number of carbonyl (C=O) groups is 1. The molecule has 1 saturated carbocycles. The summed E-state index contributed by atoms with van der Waals surface area (Å²) in [5, 5.41) is 0. The number of halogens is 1. The van der Waals surface area contributed by atoms with Gasteiger partial charge in [0, 0.05) is 18.8 Å². The number of ketones is 1. The Hall–Kier alpha value is -1.38. The van der Waals surface area contributed by atoms with Gasteiger partial charge in [0.15, 0.2) is 0 Å². The van der Waals surface area contributed by atoms with Gasteiger partial charge >= 0.3 is 0 Å². The molecule has 0 spiro atoms. The summed E-state index contributed by atoms with van der Waals surface area (Å²) in [6, 6.07) is 5.91. The minimum atomic E-state index is -0.267. The largest absolute Gasteiger partial charge is 0.493 e. The minimum absolute atomic E-state index is 0.267. The van der Waals surface area contributed by atoms with E-state index in [0.29, 0.717) is 36.9 Å². The van der Waals surface area contributed by atoms with Crippen LogP contribution in [0.25, 0.3) is 0 Å². The molecule has 0 bridgehead atoms. The van der Waals surface area contributed by atoms with Gasteiger partial charge in [0.2, 0.25) is 0 Å². The van der Waals surface area contributed by atoms with Gasteiger partial charge in [-0.2, -0.15) is 0 Å². The van der Waals surface area contributed by atoms with Gasteiger partial charge in [-0.1, -0.05) is 0 Å². The van der Waals surface area contributed by atoms with Gasteiger partial charge in [0.05, 0.1) is 6.61 Å².